The largest absolute Gasteiger partial charge is 0.357 e. The number of amides is 3. The second-order valence-electron chi connectivity index (χ2n) is 7.01. The molecule has 6 heteroatoms. The van der Waals surface area contributed by atoms with Crippen LogP contribution in [0.4, 0.5) is 4.79 Å². The molecule has 1 N–H and O–H groups in total. The van der Waals surface area contributed by atoms with Crippen molar-refractivity contribution in [2.75, 3.05) is 26.2 Å². The molecule has 6 nitrogen and oxygen atoms in total. The van der Waals surface area contributed by atoms with E-state index in [2.05, 4.69) is 5.32 Å². The molecule has 3 amide bonds. The predicted molar refractivity (Wildman–Crippen MR) is 92.7 cm³/mol. The zero-order valence-electron chi connectivity index (χ0n) is 14.5. The fourth-order valence-electron chi connectivity index (χ4n) is 3.66. The Hall–Kier alpha value is -1.98. The molecule has 0 bridgehead atoms. The van der Waals surface area contributed by atoms with E-state index in [9.17, 15) is 9.59 Å². The number of nitrogens with zero attached hydrogens (tertiary/aromatic N) is 3. The van der Waals surface area contributed by atoms with Crippen LogP contribution in [0.2, 0.25) is 0 Å². The molecular formula is C18H28N4O2. The van der Waals surface area contributed by atoms with Crippen molar-refractivity contribution in [3.63, 3.8) is 0 Å². The number of aromatic nitrogens is 1. The van der Waals surface area contributed by atoms with E-state index in [4.69, 9.17) is 0 Å². The van der Waals surface area contributed by atoms with E-state index in [0.717, 1.165) is 37.9 Å². The molecule has 0 spiro atoms. The van der Waals surface area contributed by atoms with E-state index in [0.29, 0.717) is 25.6 Å². The summed E-state index contributed by atoms with van der Waals surface area (Å²) < 4.78 is 1.96. The number of aryl methyl sites for hydroxylation is 1. The Balaban J connectivity index is 1.48. The van der Waals surface area contributed by atoms with E-state index in [1.807, 2.05) is 39.9 Å². The van der Waals surface area contributed by atoms with Crippen LogP contribution in [-0.2, 0) is 18.3 Å². The maximum absolute atomic E-state index is 12.5. The molecule has 1 saturated carbocycles. The van der Waals surface area contributed by atoms with Crippen LogP contribution in [0.1, 0.15) is 37.7 Å². The van der Waals surface area contributed by atoms with E-state index in [1.54, 1.807) is 0 Å². The molecule has 1 aliphatic heterocycles. The molecular weight excluding hydrogens is 304 g/mol. The van der Waals surface area contributed by atoms with Crippen LogP contribution < -0.4 is 5.32 Å². The van der Waals surface area contributed by atoms with Gasteiger partial charge in [0.15, 0.2) is 0 Å². The molecule has 3 rings (SSSR count). The lowest BCUT2D eigenvalue weighted by Gasteiger charge is -2.24. The van der Waals surface area contributed by atoms with E-state index < -0.39 is 0 Å². The van der Waals surface area contributed by atoms with Crippen molar-refractivity contribution in [2.24, 2.45) is 7.05 Å². The molecule has 24 heavy (non-hydrogen) atoms. The Bertz CT molecular complexity index is 577. The van der Waals surface area contributed by atoms with E-state index in [-0.39, 0.29) is 11.9 Å². The van der Waals surface area contributed by atoms with Gasteiger partial charge in [0.05, 0.1) is 6.42 Å². The highest BCUT2D eigenvalue weighted by Crippen LogP contribution is 2.18. The molecule has 1 saturated heterocycles. The highest BCUT2D eigenvalue weighted by molar-refractivity contribution is 5.79. The second kappa shape index (κ2) is 7.73. The van der Waals surface area contributed by atoms with E-state index in [1.165, 1.54) is 12.8 Å². The van der Waals surface area contributed by atoms with Gasteiger partial charge in [-0.25, -0.2) is 4.79 Å². The number of carbonyl (C=O) groups is 2. The van der Waals surface area contributed by atoms with Gasteiger partial charge in [0.2, 0.25) is 5.91 Å². The van der Waals surface area contributed by atoms with Crippen LogP contribution >= 0.6 is 0 Å². The molecule has 2 fully saturated rings. The first-order chi connectivity index (χ1) is 11.6. The monoisotopic (exact) mass is 332 g/mol. The molecule has 2 heterocycles. The van der Waals surface area contributed by atoms with Gasteiger partial charge in [-0.1, -0.05) is 12.8 Å². The van der Waals surface area contributed by atoms with Crippen LogP contribution in [0.25, 0.3) is 0 Å². The number of hydrogen-bond donors (Lipinski definition) is 1. The number of rotatable bonds is 3. The summed E-state index contributed by atoms with van der Waals surface area (Å²) in [5.41, 5.74) is 1.04. The second-order valence-corrected chi connectivity index (χ2v) is 7.01. The third kappa shape index (κ3) is 4.30. The molecule has 0 unspecified atom stereocenters. The minimum Gasteiger partial charge on any atom is -0.357 e. The molecule has 1 aromatic rings. The summed E-state index contributed by atoms with van der Waals surface area (Å²) in [6, 6.07) is 2.37. The van der Waals surface area contributed by atoms with Crippen molar-refractivity contribution < 1.29 is 9.59 Å². The minimum absolute atomic E-state index is 0.0410. The van der Waals surface area contributed by atoms with Crippen LogP contribution in [-0.4, -0.2) is 58.5 Å². The molecule has 0 atom stereocenters. The Labute approximate surface area is 143 Å². The Morgan fingerprint density at radius 1 is 1.08 bits per heavy atom. The Morgan fingerprint density at radius 2 is 1.79 bits per heavy atom. The molecule has 132 valence electrons. The predicted octanol–water partition coefficient (Wildman–Crippen LogP) is 1.75. The number of carbonyl (C=O) groups excluding carboxylic acids is 2. The molecule has 0 aromatic carbocycles. The number of nitrogens with one attached hydrogen (secondary N) is 1. The Morgan fingerprint density at radius 3 is 2.50 bits per heavy atom. The van der Waals surface area contributed by atoms with Gasteiger partial charge in [-0.3, -0.25) is 4.79 Å². The quantitative estimate of drug-likeness (QED) is 0.917. The summed E-state index contributed by atoms with van der Waals surface area (Å²) in [6.07, 6.45) is 9.85. The van der Waals surface area contributed by atoms with Gasteiger partial charge in [-0.05, 0) is 30.9 Å². The highest BCUT2D eigenvalue weighted by Gasteiger charge is 2.24. The summed E-state index contributed by atoms with van der Waals surface area (Å²) in [5, 5.41) is 3.14. The fourth-order valence-corrected chi connectivity index (χ4v) is 3.66. The van der Waals surface area contributed by atoms with Crippen LogP contribution in [0.3, 0.4) is 0 Å². The fraction of sp³-hybridized carbons (Fsp3) is 0.667. The first kappa shape index (κ1) is 16.9. The third-order valence-corrected chi connectivity index (χ3v) is 5.07. The lowest BCUT2D eigenvalue weighted by molar-refractivity contribution is -0.130. The van der Waals surface area contributed by atoms with Gasteiger partial charge < -0.3 is 19.7 Å². The van der Waals surface area contributed by atoms with Gasteiger partial charge in [0.25, 0.3) is 0 Å². The molecule has 1 aromatic heterocycles. The van der Waals surface area contributed by atoms with Crippen molar-refractivity contribution >= 4 is 11.9 Å². The van der Waals surface area contributed by atoms with Crippen LogP contribution in [0, 0.1) is 0 Å². The van der Waals surface area contributed by atoms with Gasteiger partial charge in [-0.15, -0.1) is 0 Å². The topological polar surface area (TPSA) is 57.6 Å². The van der Waals surface area contributed by atoms with Gasteiger partial charge in [0, 0.05) is 51.7 Å². The SMILES string of the molecule is Cn1ccc(CC(=O)N2CCCN(C(=O)NC3CCCC3)CC2)c1. The highest BCUT2D eigenvalue weighted by atomic mass is 16.2. The van der Waals surface area contributed by atoms with Gasteiger partial charge in [-0.2, -0.15) is 0 Å². The number of hydrogen-bond acceptors (Lipinski definition) is 2. The molecule has 2 aliphatic rings. The minimum atomic E-state index is 0.0410. The first-order valence-corrected chi connectivity index (χ1v) is 9.06. The van der Waals surface area contributed by atoms with Crippen molar-refractivity contribution in [3.05, 3.63) is 24.0 Å². The normalized spacial score (nSPS) is 19.4. The number of urea groups is 1. The molecule has 1 aliphatic carbocycles. The summed E-state index contributed by atoms with van der Waals surface area (Å²) in [7, 11) is 1.96. The maximum atomic E-state index is 12.5. The van der Waals surface area contributed by atoms with Gasteiger partial charge >= 0.3 is 6.03 Å². The summed E-state index contributed by atoms with van der Waals surface area (Å²) in [5.74, 6) is 0.152. The zero-order chi connectivity index (χ0) is 16.9. The average Bonchev–Trinajstić information content (AvgIpc) is 3.12. The Kier molecular flexibility index (Phi) is 5.43. The summed E-state index contributed by atoms with van der Waals surface area (Å²) >= 11 is 0. The third-order valence-electron chi connectivity index (χ3n) is 5.07. The van der Waals surface area contributed by atoms with E-state index >= 15 is 0 Å². The lowest BCUT2D eigenvalue weighted by Crippen LogP contribution is -2.45. The first-order valence-electron chi connectivity index (χ1n) is 9.06. The van der Waals surface area contributed by atoms with Crippen LogP contribution in [0.15, 0.2) is 18.5 Å². The molecule has 0 radical (unpaired) electrons. The van der Waals surface area contributed by atoms with Crippen molar-refractivity contribution in [3.8, 4) is 0 Å². The summed E-state index contributed by atoms with van der Waals surface area (Å²) in [4.78, 5) is 28.6. The average molecular weight is 332 g/mol. The zero-order valence-corrected chi connectivity index (χ0v) is 14.5. The maximum Gasteiger partial charge on any atom is 0.317 e. The van der Waals surface area contributed by atoms with Crippen molar-refractivity contribution in [1.29, 1.82) is 0 Å². The smallest absolute Gasteiger partial charge is 0.317 e. The van der Waals surface area contributed by atoms with Crippen LogP contribution in [0.5, 0.6) is 0 Å². The summed E-state index contributed by atoms with van der Waals surface area (Å²) in [6.45, 7) is 2.72. The van der Waals surface area contributed by atoms with Gasteiger partial charge in [0.1, 0.15) is 0 Å². The standard InChI is InChI=1S/C18H28N4O2/c1-20-10-7-15(14-20)13-17(23)21-8-4-9-22(12-11-21)18(24)19-16-5-2-3-6-16/h7,10,14,16H,2-6,8-9,11-13H2,1H3,(H,19,24). The lowest BCUT2D eigenvalue weighted by atomic mass is 10.2. The van der Waals surface area contributed by atoms with Crippen molar-refractivity contribution in [1.82, 2.24) is 19.7 Å². The van der Waals surface area contributed by atoms with Crippen molar-refractivity contribution in [2.45, 2.75) is 44.6 Å².